The fourth-order valence-electron chi connectivity index (χ4n) is 2.97. The number of allylic oxidation sites excluding steroid dienone is 1. The quantitative estimate of drug-likeness (QED) is 0.810. The van der Waals surface area contributed by atoms with E-state index in [1.54, 1.807) is 13.4 Å². The van der Waals surface area contributed by atoms with Crippen molar-refractivity contribution in [3.05, 3.63) is 58.3 Å². The summed E-state index contributed by atoms with van der Waals surface area (Å²) in [5, 5.41) is 8.38. The lowest BCUT2D eigenvalue weighted by atomic mass is 9.61. The van der Waals surface area contributed by atoms with E-state index in [2.05, 4.69) is 44.3 Å². The number of halogens is 1. The molecule has 0 N–H and O–H groups in total. The zero-order valence-corrected chi connectivity index (χ0v) is 13.1. The molecule has 5 heteroatoms. The summed E-state index contributed by atoms with van der Waals surface area (Å²) < 4.78 is 8.22. The van der Waals surface area contributed by atoms with E-state index >= 15 is 0 Å². The van der Waals surface area contributed by atoms with E-state index < -0.39 is 0 Å². The molecule has 1 heterocycles. The van der Waals surface area contributed by atoms with Gasteiger partial charge in [-0.1, -0.05) is 28.1 Å². The van der Waals surface area contributed by atoms with Gasteiger partial charge in [-0.2, -0.15) is 0 Å². The van der Waals surface area contributed by atoms with E-state index in [0.717, 1.165) is 23.1 Å². The molecule has 1 aromatic carbocycles. The molecule has 1 aliphatic rings. The second-order valence-corrected chi connectivity index (χ2v) is 6.14. The number of rotatable bonds is 3. The van der Waals surface area contributed by atoms with E-state index in [4.69, 9.17) is 4.74 Å². The Morgan fingerprint density at radius 3 is 2.80 bits per heavy atom. The first-order valence-electron chi connectivity index (χ1n) is 6.47. The summed E-state index contributed by atoms with van der Waals surface area (Å²) in [6.07, 6.45) is 5.44. The molecule has 0 spiro atoms. The monoisotopic (exact) mass is 333 g/mol. The fraction of sp³-hybridized carbons (Fsp3) is 0.333. The highest BCUT2D eigenvalue weighted by Gasteiger charge is 2.47. The van der Waals surface area contributed by atoms with E-state index in [1.165, 1.54) is 11.1 Å². The zero-order valence-electron chi connectivity index (χ0n) is 11.5. The Kier molecular flexibility index (Phi) is 3.38. The Hall–Kier alpha value is -1.62. The molecule has 104 valence electrons. The van der Waals surface area contributed by atoms with Crippen LogP contribution in [0.5, 0.6) is 0 Å². The minimum atomic E-state index is -0.0978. The summed E-state index contributed by atoms with van der Waals surface area (Å²) in [5.74, 6) is 1.00. The molecular weight excluding hydrogens is 318 g/mol. The number of methoxy groups -OCH3 is 1. The van der Waals surface area contributed by atoms with Gasteiger partial charge in [0.2, 0.25) is 0 Å². The summed E-state index contributed by atoms with van der Waals surface area (Å²) in [6, 6.07) is 8.43. The molecule has 0 saturated heterocycles. The SMILES string of the molecule is COC=C1CC(c2cccc(Br)c2)(c2nncn2C)C1. The van der Waals surface area contributed by atoms with Crippen molar-refractivity contribution in [2.45, 2.75) is 18.3 Å². The van der Waals surface area contributed by atoms with Crippen LogP contribution in [0.2, 0.25) is 0 Å². The van der Waals surface area contributed by atoms with E-state index in [1.807, 2.05) is 23.9 Å². The Morgan fingerprint density at radius 1 is 1.40 bits per heavy atom. The van der Waals surface area contributed by atoms with Gasteiger partial charge in [0.1, 0.15) is 12.2 Å². The van der Waals surface area contributed by atoms with E-state index in [0.29, 0.717) is 0 Å². The normalized spacial score (nSPS) is 21.4. The average Bonchev–Trinajstić information content (AvgIpc) is 2.80. The predicted octanol–water partition coefficient (Wildman–Crippen LogP) is 3.19. The van der Waals surface area contributed by atoms with E-state index in [-0.39, 0.29) is 5.41 Å². The lowest BCUT2D eigenvalue weighted by Gasteiger charge is -2.43. The van der Waals surface area contributed by atoms with Gasteiger partial charge in [0, 0.05) is 11.5 Å². The number of hydrogen-bond donors (Lipinski definition) is 0. The third kappa shape index (κ3) is 2.06. The van der Waals surface area contributed by atoms with Crippen LogP contribution in [-0.4, -0.2) is 21.9 Å². The highest BCUT2D eigenvalue weighted by molar-refractivity contribution is 9.10. The fourth-order valence-corrected chi connectivity index (χ4v) is 3.37. The molecule has 0 aliphatic heterocycles. The van der Waals surface area contributed by atoms with Crippen LogP contribution in [0.3, 0.4) is 0 Å². The largest absolute Gasteiger partial charge is 0.504 e. The summed E-state index contributed by atoms with van der Waals surface area (Å²) in [5.41, 5.74) is 2.46. The summed E-state index contributed by atoms with van der Waals surface area (Å²) in [6.45, 7) is 0. The summed E-state index contributed by atoms with van der Waals surface area (Å²) >= 11 is 3.55. The molecule has 20 heavy (non-hydrogen) atoms. The Labute approximate surface area is 126 Å². The van der Waals surface area contributed by atoms with Crippen molar-refractivity contribution in [3.63, 3.8) is 0 Å². The number of ether oxygens (including phenoxy) is 1. The van der Waals surface area contributed by atoms with Crippen molar-refractivity contribution < 1.29 is 4.74 Å². The van der Waals surface area contributed by atoms with Crippen LogP contribution >= 0.6 is 15.9 Å². The van der Waals surface area contributed by atoms with Gasteiger partial charge < -0.3 is 9.30 Å². The average molecular weight is 334 g/mol. The number of benzene rings is 1. The second-order valence-electron chi connectivity index (χ2n) is 5.22. The Balaban J connectivity index is 2.07. The predicted molar refractivity (Wildman–Crippen MR) is 80.3 cm³/mol. The standard InChI is InChI=1S/C15H16BrN3O/c1-19-10-17-18-14(19)15(7-11(8-15)9-20-2)12-4-3-5-13(16)6-12/h3-6,9-10H,7-8H2,1-2H3. The highest BCUT2D eigenvalue weighted by atomic mass is 79.9. The molecule has 0 radical (unpaired) electrons. The maximum absolute atomic E-state index is 5.13. The number of aromatic nitrogens is 3. The van der Waals surface area contributed by atoms with Crippen molar-refractivity contribution in [3.8, 4) is 0 Å². The molecule has 0 atom stereocenters. The van der Waals surface area contributed by atoms with Gasteiger partial charge in [0.15, 0.2) is 0 Å². The number of nitrogens with zero attached hydrogens (tertiary/aromatic N) is 3. The van der Waals surface area contributed by atoms with Crippen LogP contribution in [0.1, 0.15) is 24.2 Å². The van der Waals surface area contributed by atoms with Crippen LogP contribution in [0.4, 0.5) is 0 Å². The third-order valence-electron chi connectivity index (χ3n) is 3.86. The first-order chi connectivity index (χ1) is 9.65. The van der Waals surface area contributed by atoms with Gasteiger partial charge in [-0.25, -0.2) is 0 Å². The first kappa shape index (κ1) is 13.4. The van der Waals surface area contributed by atoms with Crippen LogP contribution in [0.25, 0.3) is 0 Å². The van der Waals surface area contributed by atoms with Gasteiger partial charge >= 0.3 is 0 Å². The molecule has 1 aliphatic carbocycles. The molecule has 0 unspecified atom stereocenters. The van der Waals surface area contributed by atoms with Crippen LogP contribution in [-0.2, 0) is 17.2 Å². The van der Waals surface area contributed by atoms with Crippen molar-refractivity contribution >= 4 is 15.9 Å². The molecule has 1 fully saturated rings. The van der Waals surface area contributed by atoms with Crippen LogP contribution in [0.15, 0.2) is 46.9 Å². The molecule has 2 aromatic rings. The third-order valence-corrected chi connectivity index (χ3v) is 4.35. The maximum Gasteiger partial charge on any atom is 0.143 e. The number of hydrogen-bond acceptors (Lipinski definition) is 3. The van der Waals surface area contributed by atoms with Gasteiger partial charge in [-0.3, -0.25) is 0 Å². The van der Waals surface area contributed by atoms with Gasteiger partial charge in [-0.05, 0) is 36.1 Å². The smallest absolute Gasteiger partial charge is 0.143 e. The molecule has 0 amide bonds. The van der Waals surface area contributed by atoms with Gasteiger partial charge in [0.25, 0.3) is 0 Å². The molecule has 1 saturated carbocycles. The molecule has 1 aromatic heterocycles. The summed E-state index contributed by atoms with van der Waals surface area (Å²) in [4.78, 5) is 0. The van der Waals surface area contributed by atoms with Crippen LogP contribution in [0, 0.1) is 0 Å². The van der Waals surface area contributed by atoms with Crippen molar-refractivity contribution in [2.75, 3.05) is 7.11 Å². The Morgan fingerprint density at radius 2 is 2.20 bits per heavy atom. The van der Waals surface area contributed by atoms with Crippen molar-refractivity contribution in [2.24, 2.45) is 7.05 Å². The second kappa shape index (κ2) is 5.05. The maximum atomic E-state index is 5.13. The molecule has 4 nitrogen and oxygen atoms in total. The lowest BCUT2D eigenvalue weighted by Crippen LogP contribution is -2.40. The minimum Gasteiger partial charge on any atom is -0.504 e. The van der Waals surface area contributed by atoms with Crippen molar-refractivity contribution in [1.82, 2.24) is 14.8 Å². The zero-order chi connectivity index (χ0) is 14.2. The lowest BCUT2D eigenvalue weighted by molar-refractivity contribution is 0.298. The van der Waals surface area contributed by atoms with Gasteiger partial charge in [0.05, 0.1) is 18.8 Å². The van der Waals surface area contributed by atoms with Gasteiger partial charge in [-0.15, -0.1) is 10.2 Å². The Bertz CT molecular complexity index is 655. The minimum absolute atomic E-state index is 0.0978. The van der Waals surface area contributed by atoms with E-state index in [9.17, 15) is 0 Å². The molecule has 3 rings (SSSR count). The topological polar surface area (TPSA) is 39.9 Å². The number of aryl methyl sites for hydroxylation is 1. The molecular formula is C15H16BrN3O. The highest BCUT2D eigenvalue weighted by Crippen LogP contribution is 2.51. The summed E-state index contributed by atoms with van der Waals surface area (Å²) in [7, 11) is 3.68. The van der Waals surface area contributed by atoms with Crippen molar-refractivity contribution in [1.29, 1.82) is 0 Å². The molecule has 0 bridgehead atoms. The first-order valence-corrected chi connectivity index (χ1v) is 7.26. The van der Waals surface area contributed by atoms with Crippen LogP contribution < -0.4 is 0 Å².